The molecular formula is C28H28N4O3S. The number of aromatic nitrogens is 1. The lowest BCUT2D eigenvalue weighted by molar-refractivity contribution is -0.122. The van der Waals surface area contributed by atoms with Gasteiger partial charge in [-0.05, 0) is 60.5 Å². The van der Waals surface area contributed by atoms with E-state index in [-0.39, 0.29) is 5.91 Å². The van der Waals surface area contributed by atoms with Gasteiger partial charge in [0, 0.05) is 37.1 Å². The van der Waals surface area contributed by atoms with E-state index in [0.29, 0.717) is 22.4 Å². The molecule has 3 heterocycles. The van der Waals surface area contributed by atoms with Gasteiger partial charge < -0.3 is 14.4 Å². The number of carbonyl (C=O) groups is 1. The number of hydrogen-bond acceptors (Lipinski definition) is 7. The van der Waals surface area contributed by atoms with Crippen LogP contribution >= 0.6 is 11.8 Å². The summed E-state index contributed by atoms with van der Waals surface area (Å²) in [5.74, 6) is 1.36. The van der Waals surface area contributed by atoms with Crippen molar-refractivity contribution in [1.82, 2.24) is 9.88 Å². The molecule has 7 nitrogen and oxygen atoms in total. The first kappa shape index (κ1) is 23.9. The van der Waals surface area contributed by atoms with Crippen LogP contribution in [0.2, 0.25) is 0 Å². The SMILES string of the molecule is COc1cc(N2CCCC2)c(OC)cc1/C=C1\SC(=Nc2ccccc2)N(Cc2cccnc2)C1=O. The molecule has 0 saturated carbocycles. The Balaban J connectivity index is 1.52. The van der Waals surface area contributed by atoms with Gasteiger partial charge in [-0.3, -0.25) is 14.7 Å². The molecule has 1 aromatic heterocycles. The number of methoxy groups -OCH3 is 2. The number of ether oxygens (including phenoxy) is 2. The molecule has 184 valence electrons. The summed E-state index contributed by atoms with van der Waals surface area (Å²) in [5.41, 5.74) is 3.53. The van der Waals surface area contributed by atoms with E-state index in [1.165, 1.54) is 24.6 Å². The van der Waals surface area contributed by atoms with Gasteiger partial charge in [0.05, 0.1) is 37.0 Å². The average Bonchev–Trinajstić information content (AvgIpc) is 3.55. The fraction of sp³-hybridized carbons (Fsp3) is 0.250. The Bertz CT molecular complexity index is 1290. The molecule has 0 radical (unpaired) electrons. The third kappa shape index (κ3) is 5.09. The largest absolute Gasteiger partial charge is 0.496 e. The van der Waals surface area contributed by atoms with Gasteiger partial charge >= 0.3 is 0 Å². The summed E-state index contributed by atoms with van der Waals surface area (Å²) in [7, 11) is 3.33. The van der Waals surface area contributed by atoms with Crippen LogP contribution in [0.15, 0.2) is 76.9 Å². The highest BCUT2D eigenvalue weighted by molar-refractivity contribution is 8.18. The minimum atomic E-state index is -0.108. The lowest BCUT2D eigenvalue weighted by Crippen LogP contribution is -2.28. The Morgan fingerprint density at radius 3 is 2.50 bits per heavy atom. The van der Waals surface area contributed by atoms with Gasteiger partial charge in [0.15, 0.2) is 5.17 Å². The van der Waals surface area contributed by atoms with E-state index >= 15 is 0 Å². The Hall–Kier alpha value is -3.78. The fourth-order valence-corrected chi connectivity index (χ4v) is 5.37. The highest BCUT2D eigenvalue weighted by Crippen LogP contribution is 2.41. The maximum Gasteiger partial charge on any atom is 0.267 e. The highest BCUT2D eigenvalue weighted by Gasteiger charge is 2.34. The maximum atomic E-state index is 13.6. The number of thioether (sulfide) groups is 1. The number of hydrogen-bond donors (Lipinski definition) is 0. The zero-order valence-electron chi connectivity index (χ0n) is 20.4. The van der Waals surface area contributed by atoms with Gasteiger partial charge in [-0.1, -0.05) is 24.3 Å². The van der Waals surface area contributed by atoms with Crippen molar-refractivity contribution in [3.63, 3.8) is 0 Å². The number of carbonyl (C=O) groups excluding carboxylic acids is 1. The molecule has 3 aromatic rings. The normalized spacial score (nSPS) is 17.9. The molecule has 5 rings (SSSR count). The number of amides is 1. The zero-order valence-corrected chi connectivity index (χ0v) is 21.2. The molecule has 2 aromatic carbocycles. The Kier molecular flexibility index (Phi) is 7.23. The Morgan fingerprint density at radius 1 is 1.03 bits per heavy atom. The number of pyridine rings is 1. The molecule has 2 aliphatic heterocycles. The third-order valence-electron chi connectivity index (χ3n) is 6.20. The van der Waals surface area contributed by atoms with Crippen molar-refractivity contribution in [3.8, 4) is 11.5 Å². The summed E-state index contributed by atoms with van der Waals surface area (Å²) in [6.07, 6.45) is 7.69. The quantitative estimate of drug-likeness (QED) is 0.399. The van der Waals surface area contributed by atoms with E-state index in [4.69, 9.17) is 14.5 Å². The van der Waals surface area contributed by atoms with Crippen LogP contribution in [-0.4, -0.2) is 48.3 Å². The summed E-state index contributed by atoms with van der Waals surface area (Å²) in [5, 5.41) is 0.626. The number of amidine groups is 1. The van der Waals surface area contributed by atoms with Crippen LogP contribution in [0.5, 0.6) is 11.5 Å². The first-order valence-corrected chi connectivity index (χ1v) is 12.7. The van der Waals surface area contributed by atoms with Crippen LogP contribution in [0.4, 0.5) is 11.4 Å². The van der Waals surface area contributed by atoms with Crippen molar-refractivity contribution in [2.24, 2.45) is 4.99 Å². The standard InChI is InChI=1S/C28H28N4O3S/c1-34-24-17-23(31-13-6-7-14-31)25(35-2)15-21(24)16-26-27(33)32(19-20-9-8-12-29-18-20)28(36-26)30-22-10-4-3-5-11-22/h3-5,8-12,15-18H,6-7,13-14,19H2,1-2H3/b26-16-,30-28?. The molecule has 36 heavy (non-hydrogen) atoms. The van der Waals surface area contributed by atoms with Gasteiger partial charge in [-0.2, -0.15) is 0 Å². The molecule has 0 aliphatic carbocycles. The van der Waals surface area contributed by atoms with E-state index in [2.05, 4.69) is 9.88 Å². The molecule has 0 unspecified atom stereocenters. The van der Waals surface area contributed by atoms with E-state index in [1.807, 2.05) is 60.7 Å². The fourth-order valence-electron chi connectivity index (χ4n) is 4.38. The minimum absolute atomic E-state index is 0.108. The maximum absolute atomic E-state index is 13.6. The lowest BCUT2D eigenvalue weighted by Gasteiger charge is -2.22. The molecule has 0 atom stereocenters. The first-order valence-electron chi connectivity index (χ1n) is 11.9. The predicted molar refractivity (Wildman–Crippen MR) is 145 cm³/mol. The summed E-state index contributed by atoms with van der Waals surface area (Å²) >= 11 is 1.36. The molecule has 8 heteroatoms. The van der Waals surface area contributed by atoms with Crippen LogP contribution in [0.25, 0.3) is 6.08 Å². The Morgan fingerprint density at radius 2 is 1.81 bits per heavy atom. The zero-order chi connectivity index (χ0) is 24.9. The number of rotatable bonds is 7. The van der Waals surface area contributed by atoms with E-state index in [0.717, 1.165) is 41.3 Å². The molecule has 2 fully saturated rings. The van der Waals surface area contributed by atoms with Crippen molar-refractivity contribution in [2.45, 2.75) is 19.4 Å². The van der Waals surface area contributed by atoms with Crippen molar-refractivity contribution >= 4 is 40.3 Å². The van der Waals surface area contributed by atoms with Gasteiger partial charge in [-0.25, -0.2) is 4.99 Å². The molecule has 0 N–H and O–H groups in total. The molecule has 0 spiro atoms. The van der Waals surface area contributed by atoms with E-state index < -0.39 is 0 Å². The van der Waals surface area contributed by atoms with Crippen LogP contribution in [0.1, 0.15) is 24.0 Å². The van der Waals surface area contributed by atoms with Crippen LogP contribution in [0, 0.1) is 0 Å². The van der Waals surface area contributed by atoms with Crippen LogP contribution < -0.4 is 14.4 Å². The number of nitrogens with zero attached hydrogens (tertiary/aromatic N) is 4. The number of para-hydroxylation sites is 1. The second-order valence-corrected chi connectivity index (χ2v) is 9.56. The minimum Gasteiger partial charge on any atom is -0.496 e. The van der Waals surface area contributed by atoms with Crippen molar-refractivity contribution in [2.75, 3.05) is 32.2 Å². The molecule has 0 bridgehead atoms. The number of benzene rings is 2. The van der Waals surface area contributed by atoms with Crippen molar-refractivity contribution in [1.29, 1.82) is 0 Å². The smallest absolute Gasteiger partial charge is 0.267 e. The second kappa shape index (κ2) is 10.9. The van der Waals surface area contributed by atoms with Gasteiger partial charge in [-0.15, -0.1) is 0 Å². The van der Waals surface area contributed by atoms with Crippen LogP contribution in [0.3, 0.4) is 0 Å². The molecular weight excluding hydrogens is 472 g/mol. The van der Waals surface area contributed by atoms with Crippen LogP contribution in [-0.2, 0) is 11.3 Å². The summed E-state index contributed by atoms with van der Waals surface area (Å²) in [4.78, 5) is 27.2. The molecule has 2 aliphatic rings. The first-order chi connectivity index (χ1) is 17.7. The van der Waals surface area contributed by atoms with Gasteiger partial charge in [0.2, 0.25) is 0 Å². The van der Waals surface area contributed by atoms with Crippen molar-refractivity contribution < 1.29 is 14.3 Å². The third-order valence-corrected chi connectivity index (χ3v) is 7.20. The summed E-state index contributed by atoms with van der Waals surface area (Å²) in [6.45, 7) is 2.38. The lowest BCUT2D eigenvalue weighted by atomic mass is 10.1. The van der Waals surface area contributed by atoms with Gasteiger partial charge in [0.25, 0.3) is 5.91 Å². The van der Waals surface area contributed by atoms with E-state index in [1.54, 1.807) is 31.5 Å². The molecule has 2 saturated heterocycles. The summed E-state index contributed by atoms with van der Waals surface area (Å²) < 4.78 is 11.5. The Labute approximate surface area is 215 Å². The molecule has 1 amide bonds. The predicted octanol–water partition coefficient (Wildman–Crippen LogP) is 5.50. The van der Waals surface area contributed by atoms with E-state index in [9.17, 15) is 4.79 Å². The highest BCUT2D eigenvalue weighted by atomic mass is 32.2. The van der Waals surface area contributed by atoms with Gasteiger partial charge in [0.1, 0.15) is 11.5 Å². The summed E-state index contributed by atoms with van der Waals surface area (Å²) in [6, 6.07) is 17.4. The monoisotopic (exact) mass is 500 g/mol. The number of anilines is 1. The topological polar surface area (TPSA) is 67.3 Å². The second-order valence-electron chi connectivity index (χ2n) is 8.55. The number of aliphatic imine (C=N–C) groups is 1. The average molecular weight is 501 g/mol. The van der Waals surface area contributed by atoms with Crippen molar-refractivity contribution in [3.05, 3.63) is 83.0 Å².